The molecule has 0 N–H and O–H groups in total. The van der Waals surface area contributed by atoms with E-state index in [4.69, 9.17) is 58.0 Å². The summed E-state index contributed by atoms with van der Waals surface area (Å²) in [5, 5.41) is 16.6. The minimum absolute atomic E-state index is 0.623. The molecule has 0 fully saturated rings. The molecular weight excluding hydrogens is 1610 g/mol. The number of nitriles is 1. The van der Waals surface area contributed by atoms with Crippen LogP contribution in [-0.4, -0.2) is 44.9 Å². The fraction of sp³-hybridized carbons (Fsp3) is 0. The second-order valence-corrected chi connectivity index (χ2v) is 31.6. The van der Waals surface area contributed by atoms with E-state index in [-0.39, 0.29) is 0 Å². The summed E-state index contributed by atoms with van der Waals surface area (Å²) in [4.78, 5) is 51.0. The fourth-order valence-electron chi connectivity index (χ4n) is 16.7. The van der Waals surface area contributed by atoms with Crippen molar-refractivity contribution in [3.63, 3.8) is 0 Å². The predicted octanol–water partition coefficient (Wildman–Crippen LogP) is 30.7. The van der Waals surface area contributed by atoms with E-state index < -0.39 is 0 Å². The first-order valence-corrected chi connectivity index (χ1v) is 43.3. The Kier molecular flexibility index (Phi) is 23.4. The van der Waals surface area contributed by atoms with Crippen LogP contribution in [0.25, 0.3) is 222 Å². The summed E-state index contributed by atoms with van der Waals surface area (Å²) in [6, 6.07) is 158. The van der Waals surface area contributed by atoms with Gasteiger partial charge in [-0.05, 0) is 128 Å². The van der Waals surface area contributed by atoms with Gasteiger partial charge in [-0.2, -0.15) is 5.26 Å². The van der Waals surface area contributed by atoms with E-state index in [0.29, 0.717) is 69.4 Å². The highest BCUT2D eigenvalue weighted by Crippen LogP contribution is 2.44. The number of aromatic nitrogens is 9. The highest BCUT2D eigenvalue weighted by molar-refractivity contribution is 6.06. The van der Waals surface area contributed by atoms with Crippen molar-refractivity contribution in [1.82, 2.24) is 44.9 Å². The maximum Gasteiger partial charge on any atom is 0.187 e. The van der Waals surface area contributed by atoms with Gasteiger partial charge in [0.2, 0.25) is 0 Å². The van der Waals surface area contributed by atoms with Gasteiger partial charge in [-0.1, -0.05) is 443 Å². The maximum absolute atomic E-state index is 9.57. The molecule has 12 heteroatoms. The second-order valence-electron chi connectivity index (χ2n) is 31.6. The van der Waals surface area contributed by atoms with Gasteiger partial charge < -0.3 is 0 Å². The lowest BCUT2D eigenvalue weighted by atomic mass is 9.89. The summed E-state index contributed by atoms with van der Waals surface area (Å²) in [6.07, 6.45) is 0. The van der Waals surface area contributed by atoms with Gasteiger partial charge in [0.15, 0.2) is 63.8 Å². The molecule has 12 nitrogen and oxygen atoms in total. The largest absolute Gasteiger partial charge is 0.238 e. The van der Waals surface area contributed by atoms with Gasteiger partial charge in [0.1, 0.15) is 0 Å². The van der Waals surface area contributed by atoms with Crippen LogP contribution in [0.15, 0.2) is 461 Å². The molecular formula is C120H76N12. The summed E-state index contributed by atoms with van der Waals surface area (Å²) in [6.45, 7) is 14.9. The Morgan fingerprint density at radius 3 is 0.826 bits per heavy atom. The van der Waals surface area contributed by atoms with E-state index in [1.54, 1.807) is 0 Å². The number of benzene rings is 19. The zero-order chi connectivity index (χ0) is 88.9. The predicted molar refractivity (Wildman–Crippen MR) is 536 cm³/mol. The highest BCUT2D eigenvalue weighted by atomic mass is 15.1. The van der Waals surface area contributed by atoms with Crippen LogP contribution in [0.2, 0.25) is 0 Å². The zero-order valence-electron chi connectivity index (χ0n) is 71.2. The van der Waals surface area contributed by atoms with Crippen molar-refractivity contribution in [3.05, 3.63) is 489 Å². The van der Waals surface area contributed by atoms with Crippen LogP contribution in [0.5, 0.6) is 0 Å². The maximum atomic E-state index is 9.57. The summed E-state index contributed by atoms with van der Waals surface area (Å²) in [7, 11) is 0. The Balaban J connectivity index is 0.000000124. The Hall–Kier alpha value is -18.5. The molecule has 0 atom stereocenters. The third kappa shape index (κ3) is 17.7. The summed E-state index contributed by atoms with van der Waals surface area (Å²) < 4.78 is 0. The van der Waals surface area contributed by atoms with Gasteiger partial charge in [-0.15, -0.1) is 0 Å². The number of fused-ring (bicyclic) bond motifs is 3. The Labute approximate surface area is 764 Å². The minimum Gasteiger partial charge on any atom is -0.238 e. The van der Waals surface area contributed by atoms with Crippen LogP contribution in [0.3, 0.4) is 0 Å². The molecule has 3 aromatic heterocycles. The Morgan fingerprint density at radius 2 is 0.439 bits per heavy atom. The van der Waals surface area contributed by atoms with E-state index in [1.165, 1.54) is 21.5 Å². The molecule has 616 valence electrons. The van der Waals surface area contributed by atoms with Crippen molar-refractivity contribution in [2.75, 3.05) is 0 Å². The molecule has 22 aromatic rings. The first kappa shape index (κ1) is 81.8. The van der Waals surface area contributed by atoms with Crippen molar-refractivity contribution >= 4 is 43.7 Å². The smallest absolute Gasteiger partial charge is 0.187 e. The molecule has 0 aliphatic carbocycles. The average molecular weight is 1690 g/mol. The van der Waals surface area contributed by atoms with Crippen molar-refractivity contribution in [2.24, 2.45) is 0 Å². The van der Waals surface area contributed by atoms with Crippen LogP contribution in [-0.2, 0) is 0 Å². The fourth-order valence-corrected chi connectivity index (χ4v) is 16.7. The monoisotopic (exact) mass is 1680 g/mol. The lowest BCUT2D eigenvalue weighted by molar-refractivity contribution is 1.07. The first-order valence-electron chi connectivity index (χ1n) is 43.3. The van der Waals surface area contributed by atoms with E-state index in [1.807, 2.05) is 249 Å². The van der Waals surface area contributed by atoms with Gasteiger partial charge in [0.05, 0.1) is 24.8 Å². The third-order valence-corrected chi connectivity index (χ3v) is 23.3. The van der Waals surface area contributed by atoms with Crippen molar-refractivity contribution < 1.29 is 0 Å². The normalized spacial score (nSPS) is 10.9. The summed E-state index contributed by atoms with van der Waals surface area (Å²) >= 11 is 0. The third-order valence-electron chi connectivity index (χ3n) is 23.3. The van der Waals surface area contributed by atoms with E-state index >= 15 is 0 Å². The van der Waals surface area contributed by atoms with Crippen molar-refractivity contribution in [2.45, 2.75) is 0 Å². The molecule has 0 aliphatic heterocycles. The highest BCUT2D eigenvalue weighted by Gasteiger charge is 2.21. The topological polar surface area (TPSA) is 149 Å². The number of hydrogen-bond donors (Lipinski definition) is 0. The van der Waals surface area contributed by atoms with E-state index in [9.17, 15) is 5.26 Å². The molecule has 0 spiro atoms. The summed E-state index contributed by atoms with van der Waals surface area (Å²) in [5.41, 5.74) is 25.6. The lowest BCUT2D eigenvalue weighted by Gasteiger charge is -2.15. The minimum atomic E-state index is 0.623. The quantitative estimate of drug-likeness (QED) is 0.0856. The van der Waals surface area contributed by atoms with Crippen LogP contribution < -0.4 is 0 Å². The van der Waals surface area contributed by atoms with E-state index in [2.05, 4.69) is 228 Å². The van der Waals surface area contributed by atoms with E-state index in [0.717, 1.165) is 139 Å². The molecule has 0 unspecified atom stereocenters. The Morgan fingerprint density at radius 1 is 0.174 bits per heavy atom. The standard InChI is InChI=1S/C44H28N4.2C38H24N4/c45-29-38-14-7-8-16-39(38)32-20-22-33(23-21-32)40-17-9-15-31-24-27-37(28-41(31)40)30-18-25-36(26-19-30)44-47-42(34-10-3-1-4-11-34)46-43(48-44)35-12-5-2-6-13-35;1-39-32-17-10-16-31(25-32)35-33-18-9-8-11-26(33)23-24-34(35)27-19-21-30(22-20-27)38-41-36(28-12-4-2-5-13-28)40-37(42-38)29-14-6-3-7-15-29;1-39-32-23-20-28(21-24-32)35-33-15-9-8-10-26(33)22-25-34(35)27-16-18-31(19-17-27)38-41-36(29-11-4-2-5-12-29)40-37(42-38)30-13-6-3-7-14-30/h1-28H;2*2-25H. The molecule has 19 aromatic carbocycles. The molecule has 3 heterocycles. The zero-order valence-corrected chi connectivity index (χ0v) is 71.2. The SMILES string of the molecule is N#Cc1ccccc1-c1ccc(-c2cccc3ccc(-c4ccc(-c5nc(-c6ccccc6)nc(-c6ccccc6)n5)cc4)cc23)cc1.[C-]#[N+]c1ccc(-c2c(-c3ccc(-c4nc(-c5ccccc5)nc(-c5ccccc5)n4)cc3)ccc3ccccc23)cc1.[C-]#[N+]c1cccc(-c2c(-c3ccc(-c4nc(-c5ccccc5)nc(-c5ccccc5)n4)cc3)ccc3ccccc23)c1. The molecule has 0 saturated carbocycles. The van der Waals surface area contributed by atoms with Crippen molar-refractivity contribution in [3.8, 4) is 186 Å². The van der Waals surface area contributed by atoms with Gasteiger partial charge in [0, 0.05) is 50.1 Å². The number of rotatable bonds is 16. The molecule has 0 bridgehead atoms. The van der Waals surface area contributed by atoms with Gasteiger partial charge in [0.25, 0.3) is 0 Å². The number of hydrogen-bond acceptors (Lipinski definition) is 10. The average Bonchev–Trinajstić information content (AvgIpc) is 0.764. The second kappa shape index (κ2) is 37.7. The molecule has 0 aliphatic rings. The Bertz CT molecular complexity index is 7920. The molecule has 0 amide bonds. The van der Waals surface area contributed by atoms with Gasteiger partial charge in [-0.3, -0.25) is 0 Å². The molecule has 0 radical (unpaired) electrons. The van der Waals surface area contributed by atoms with Gasteiger partial charge >= 0.3 is 0 Å². The number of nitrogens with zero attached hydrogens (tertiary/aromatic N) is 12. The van der Waals surface area contributed by atoms with Gasteiger partial charge in [-0.25, -0.2) is 54.5 Å². The summed E-state index contributed by atoms with van der Waals surface area (Å²) in [5.74, 6) is 5.74. The van der Waals surface area contributed by atoms with Crippen LogP contribution in [0, 0.1) is 24.5 Å². The lowest BCUT2D eigenvalue weighted by Crippen LogP contribution is -2.00. The molecule has 22 rings (SSSR count). The first-order chi connectivity index (χ1) is 65.3. The van der Waals surface area contributed by atoms with Crippen LogP contribution in [0.4, 0.5) is 11.4 Å². The van der Waals surface area contributed by atoms with Crippen LogP contribution >= 0.6 is 0 Å². The van der Waals surface area contributed by atoms with Crippen molar-refractivity contribution in [1.29, 1.82) is 5.26 Å². The molecule has 132 heavy (non-hydrogen) atoms. The molecule has 0 saturated heterocycles. The van der Waals surface area contributed by atoms with Crippen LogP contribution in [0.1, 0.15) is 5.56 Å².